The lowest BCUT2D eigenvalue weighted by atomic mass is 10.1. The number of pyridine rings is 1. The fraction of sp³-hybridized carbons (Fsp3) is 0.143. The van der Waals surface area contributed by atoms with Gasteiger partial charge in [-0.05, 0) is 30.2 Å². The van der Waals surface area contributed by atoms with E-state index < -0.39 is 0 Å². The zero-order valence-electron chi connectivity index (χ0n) is 13.6. The molecule has 0 atom stereocenters. The molecule has 118 valence electrons. The molecule has 4 rings (SSSR count). The first-order valence-electron chi connectivity index (χ1n) is 8.12. The van der Waals surface area contributed by atoms with Crippen molar-refractivity contribution in [2.24, 2.45) is 0 Å². The van der Waals surface area contributed by atoms with Crippen molar-refractivity contribution in [3.63, 3.8) is 0 Å². The monoisotopic (exact) mass is 314 g/mol. The number of amides is 1. The van der Waals surface area contributed by atoms with Crippen LogP contribution in [-0.4, -0.2) is 28.9 Å². The summed E-state index contributed by atoms with van der Waals surface area (Å²) in [7, 11) is 0. The highest BCUT2D eigenvalue weighted by Gasteiger charge is 2.23. The molecular weight excluding hydrogens is 296 g/mol. The molecule has 0 saturated carbocycles. The quantitative estimate of drug-likeness (QED) is 0.714. The number of fused-ring (bicyclic) bond motifs is 1. The summed E-state index contributed by atoms with van der Waals surface area (Å²) >= 11 is 0. The molecule has 24 heavy (non-hydrogen) atoms. The molecule has 1 aliphatic rings. The maximum atomic E-state index is 13.0. The Hall–Kier alpha value is -2.94. The van der Waals surface area contributed by atoms with Crippen molar-refractivity contribution in [3.05, 3.63) is 83.6 Å². The molecule has 2 aromatic carbocycles. The Kier molecular flexibility index (Phi) is 3.62. The van der Waals surface area contributed by atoms with Crippen molar-refractivity contribution in [1.29, 1.82) is 0 Å². The minimum Gasteiger partial charge on any atom is -0.330 e. The maximum Gasteiger partial charge on any atom is 0.256 e. The number of rotatable bonds is 2. The lowest BCUT2D eigenvalue weighted by Gasteiger charge is -2.17. The highest BCUT2D eigenvalue weighted by Crippen LogP contribution is 2.24. The number of carbonyl (C=O) groups is 1. The second kappa shape index (κ2) is 5.93. The molecule has 3 heteroatoms. The Morgan fingerprint density at radius 2 is 1.83 bits per heavy atom. The van der Waals surface area contributed by atoms with Crippen LogP contribution in [0, 0.1) is 6.92 Å². The number of hydrogen-bond acceptors (Lipinski definition) is 2. The van der Waals surface area contributed by atoms with E-state index in [0.717, 1.165) is 16.6 Å². The standard InChI is InChI=1S/C21H18N2O/c1-15-10-11-17-8-5-9-19(20(17)22-15)21(24)23-13-12-18(14-23)16-6-3-2-4-7-16/h2-12H,13-14H2,1H3. The molecule has 0 N–H and O–H groups in total. The Balaban J connectivity index is 1.63. The second-order valence-corrected chi connectivity index (χ2v) is 6.11. The largest absolute Gasteiger partial charge is 0.330 e. The normalized spacial score (nSPS) is 14.0. The highest BCUT2D eigenvalue weighted by atomic mass is 16.2. The van der Waals surface area contributed by atoms with Crippen LogP contribution in [0.1, 0.15) is 21.6 Å². The fourth-order valence-electron chi connectivity index (χ4n) is 3.16. The van der Waals surface area contributed by atoms with Crippen molar-refractivity contribution < 1.29 is 4.79 Å². The number of carbonyl (C=O) groups excluding carboxylic acids is 1. The van der Waals surface area contributed by atoms with Crippen LogP contribution < -0.4 is 0 Å². The summed E-state index contributed by atoms with van der Waals surface area (Å²) in [6.45, 7) is 3.24. The summed E-state index contributed by atoms with van der Waals surface area (Å²) < 4.78 is 0. The molecule has 1 aromatic heterocycles. The van der Waals surface area contributed by atoms with Gasteiger partial charge in [0.05, 0.1) is 11.1 Å². The summed E-state index contributed by atoms with van der Waals surface area (Å²) in [6, 6.07) is 20.0. The van der Waals surface area contributed by atoms with E-state index in [4.69, 9.17) is 0 Å². The molecule has 0 unspecified atom stereocenters. The summed E-state index contributed by atoms with van der Waals surface area (Å²) in [5, 5.41) is 1.00. The fourth-order valence-corrected chi connectivity index (χ4v) is 3.16. The van der Waals surface area contributed by atoms with Crippen molar-refractivity contribution in [1.82, 2.24) is 9.88 Å². The van der Waals surface area contributed by atoms with Crippen molar-refractivity contribution in [2.45, 2.75) is 6.92 Å². The van der Waals surface area contributed by atoms with Crippen molar-refractivity contribution in [2.75, 3.05) is 13.1 Å². The summed E-state index contributed by atoms with van der Waals surface area (Å²) in [5.74, 6) is 0.0425. The zero-order chi connectivity index (χ0) is 16.5. The predicted octanol–water partition coefficient (Wildman–Crippen LogP) is 4.08. The Morgan fingerprint density at radius 1 is 1.00 bits per heavy atom. The minimum absolute atomic E-state index is 0.0425. The van der Waals surface area contributed by atoms with E-state index in [2.05, 4.69) is 23.2 Å². The van der Waals surface area contributed by atoms with Crippen LogP contribution in [0.25, 0.3) is 16.5 Å². The van der Waals surface area contributed by atoms with E-state index >= 15 is 0 Å². The first kappa shape index (κ1) is 14.6. The van der Waals surface area contributed by atoms with Crippen molar-refractivity contribution in [3.8, 4) is 0 Å². The first-order chi connectivity index (χ1) is 11.7. The van der Waals surface area contributed by atoms with E-state index in [1.165, 1.54) is 11.1 Å². The molecule has 3 nitrogen and oxygen atoms in total. The third kappa shape index (κ3) is 2.58. The Labute approximate surface area is 141 Å². The summed E-state index contributed by atoms with van der Waals surface area (Å²) in [5.41, 5.74) is 4.77. The number of para-hydroxylation sites is 1. The van der Waals surface area contributed by atoms with Crippen LogP contribution in [0.15, 0.2) is 66.7 Å². The van der Waals surface area contributed by atoms with Gasteiger partial charge >= 0.3 is 0 Å². The topological polar surface area (TPSA) is 33.2 Å². The lowest BCUT2D eigenvalue weighted by molar-refractivity contribution is 0.0803. The molecule has 0 saturated heterocycles. The summed E-state index contributed by atoms with van der Waals surface area (Å²) in [4.78, 5) is 19.5. The lowest BCUT2D eigenvalue weighted by Crippen LogP contribution is -2.29. The van der Waals surface area contributed by atoms with Gasteiger partial charge in [0.25, 0.3) is 5.91 Å². The maximum absolute atomic E-state index is 13.0. The van der Waals surface area contributed by atoms with Crippen LogP contribution in [-0.2, 0) is 0 Å². The highest BCUT2D eigenvalue weighted by molar-refractivity contribution is 6.06. The molecule has 0 aliphatic carbocycles. The van der Waals surface area contributed by atoms with Gasteiger partial charge in [0.1, 0.15) is 0 Å². The van der Waals surface area contributed by atoms with Gasteiger partial charge < -0.3 is 4.90 Å². The van der Waals surface area contributed by atoms with Crippen LogP contribution >= 0.6 is 0 Å². The average Bonchev–Trinajstić information content (AvgIpc) is 3.11. The molecule has 2 heterocycles. The number of aromatic nitrogens is 1. The van der Waals surface area contributed by atoms with Gasteiger partial charge in [-0.3, -0.25) is 9.78 Å². The third-order valence-electron chi connectivity index (χ3n) is 4.44. The van der Waals surface area contributed by atoms with E-state index in [0.29, 0.717) is 18.7 Å². The van der Waals surface area contributed by atoms with Crippen LogP contribution in [0.3, 0.4) is 0 Å². The van der Waals surface area contributed by atoms with Gasteiger partial charge in [0.15, 0.2) is 0 Å². The zero-order valence-corrected chi connectivity index (χ0v) is 13.6. The number of aryl methyl sites for hydroxylation is 1. The minimum atomic E-state index is 0.0425. The van der Waals surface area contributed by atoms with Gasteiger partial charge in [-0.1, -0.05) is 54.6 Å². The van der Waals surface area contributed by atoms with Gasteiger partial charge in [-0.15, -0.1) is 0 Å². The molecule has 0 fully saturated rings. The molecule has 0 spiro atoms. The van der Waals surface area contributed by atoms with Crippen LogP contribution in [0.2, 0.25) is 0 Å². The first-order valence-corrected chi connectivity index (χ1v) is 8.12. The SMILES string of the molecule is Cc1ccc2cccc(C(=O)N3CC=C(c4ccccc4)C3)c2n1. The van der Waals surface area contributed by atoms with Gasteiger partial charge in [-0.25, -0.2) is 0 Å². The van der Waals surface area contributed by atoms with Gasteiger partial charge in [-0.2, -0.15) is 0 Å². The molecule has 1 aliphatic heterocycles. The number of benzene rings is 2. The van der Waals surface area contributed by atoms with E-state index in [1.807, 2.05) is 60.4 Å². The molecule has 0 bridgehead atoms. The molecule has 1 amide bonds. The van der Waals surface area contributed by atoms with E-state index in [-0.39, 0.29) is 5.91 Å². The summed E-state index contributed by atoms with van der Waals surface area (Å²) in [6.07, 6.45) is 2.14. The van der Waals surface area contributed by atoms with Gasteiger partial charge in [0, 0.05) is 24.2 Å². The van der Waals surface area contributed by atoms with Crippen LogP contribution in [0.5, 0.6) is 0 Å². The number of hydrogen-bond donors (Lipinski definition) is 0. The molecule has 3 aromatic rings. The predicted molar refractivity (Wildman–Crippen MR) is 96.8 cm³/mol. The second-order valence-electron chi connectivity index (χ2n) is 6.11. The Morgan fingerprint density at radius 3 is 2.67 bits per heavy atom. The van der Waals surface area contributed by atoms with Crippen LogP contribution in [0.4, 0.5) is 0 Å². The number of nitrogens with zero attached hydrogens (tertiary/aromatic N) is 2. The smallest absolute Gasteiger partial charge is 0.256 e. The molecular formula is C21H18N2O. The van der Waals surface area contributed by atoms with E-state index in [9.17, 15) is 4.79 Å². The van der Waals surface area contributed by atoms with Gasteiger partial charge in [0.2, 0.25) is 0 Å². The average molecular weight is 314 g/mol. The molecule has 0 radical (unpaired) electrons. The Bertz CT molecular complexity index is 944. The third-order valence-corrected chi connectivity index (χ3v) is 4.44. The van der Waals surface area contributed by atoms with E-state index in [1.54, 1.807) is 0 Å². The van der Waals surface area contributed by atoms with Crippen molar-refractivity contribution >= 4 is 22.4 Å².